The fourth-order valence-electron chi connectivity index (χ4n) is 1.54. The first-order chi connectivity index (χ1) is 9.06. The van der Waals surface area contributed by atoms with Crippen LogP contribution in [-0.2, 0) is 6.61 Å². The molecule has 1 amide bonds. The molecule has 0 saturated carbocycles. The number of nitrogens with two attached hydrogens (primary N) is 1. The Kier molecular flexibility index (Phi) is 4.02. The van der Waals surface area contributed by atoms with Crippen molar-refractivity contribution in [1.29, 1.82) is 0 Å². The van der Waals surface area contributed by atoms with Gasteiger partial charge in [-0.3, -0.25) is 4.79 Å². The van der Waals surface area contributed by atoms with E-state index in [0.29, 0.717) is 21.9 Å². The van der Waals surface area contributed by atoms with E-state index in [1.54, 1.807) is 30.3 Å². The molecule has 2 aromatic carbocycles. The molecule has 0 unspecified atom stereocenters. The van der Waals surface area contributed by atoms with Crippen molar-refractivity contribution in [3.05, 3.63) is 64.4 Å². The van der Waals surface area contributed by atoms with Gasteiger partial charge in [-0.1, -0.05) is 23.7 Å². The lowest BCUT2D eigenvalue weighted by Gasteiger charge is -2.08. The van der Waals surface area contributed by atoms with E-state index in [1.165, 1.54) is 12.1 Å². The molecule has 2 N–H and O–H groups in total. The number of benzene rings is 2. The Balaban J connectivity index is 2.10. The number of hydrogen-bond acceptors (Lipinski definition) is 2. The Bertz CT molecular complexity index is 616. The van der Waals surface area contributed by atoms with Crippen molar-refractivity contribution in [2.75, 3.05) is 0 Å². The molecule has 0 atom stereocenters. The van der Waals surface area contributed by atoms with Crippen LogP contribution >= 0.6 is 11.6 Å². The van der Waals surface area contributed by atoms with Crippen LogP contribution in [0.5, 0.6) is 5.75 Å². The summed E-state index contributed by atoms with van der Waals surface area (Å²) in [4.78, 5) is 11.0. The Morgan fingerprint density at radius 3 is 2.74 bits per heavy atom. The minimum atomic E-state index is -0.523. The number of hydrogen-bond donors (Lipinski definition) is 1. The summed E-state index contributed by atoms with van der Waals surface area (Å²) in [6, 6.07) is 10.6. The predicted molar refractivity (Wildman–Crippen MR) is 70.7 cm³/mol. The van der Waals surface area contributed by atoms with Gasteiger partial charge < -0.3 is 10.5 Å². The number of ether oxygens (including phenoxy) is 1. The van der Waals surface area contributed by atoms with Gasteiger partial charge in [-0.15, -0.1) is 0 Å². The van der Waals surface area contributed by atoms with Crippen molar-refractivity contribution in [2.45, 2.75) is 6.61 Å². The van der Waals surface area contributed by atoms with E-state index < -0.39 is 11.7 Å². The van der Waals surface area contributed by atoms with Gasteiger partial charge in [0.2, 0.25) is 5.91 Å². The minimum absolute atomic E-state index is 0.182. The molecule has 2 rings (SSSR count). The summed E-state index contributed by atoms with van der Waals surface area (Å²) in [5, 5.41) is 0.297. The Labute approximate surface area is 114 Å². The highest BCUT2D eigenvalue weighted by molar-refractivity contribution is 6.31. The van der Waals surface area contributed by atoms with Crippen LogP contribution in [0.2, 0.25) is 5.02 Å². The number of amides is 1. The average molecular weight is 280 g/mol. The molecule has 0 radical (unpaired) electrons. The first kappa shape index (κ1) is 13.4. The third-order valence-corrected chi connectivity index (χ3v) is 2.88. The predicted octanol–water partition coefficient (Wildman–Crippen LogP) is 3.16. The molecule has 0 heterocycles. The second kappa shape index (κ2) is 5.71. The monoisotopic (exact) mass is 279 g/mol. The van der Waals surface area contributed by atoms with Crippen molar-refractivity contribution in [3.63, 3.8) is 0 Å². The SMILES string of the molecule is NC(=O)c1cccc(OCc2ccc(F)cc2Cl)c1. The number of rotatable bonds is 4. The summed E-state index contributed by atoms with van der Waals surface area (Å²) in [5.41, 5.74) is 6.20. The van der Waals surface area contributed by atoms with Crippen molar-refractivity contribution < 1.29 is 13.9 Å². The topological polar surface area (TPSA) is 52.3 Å². The number of carbonyl (C=O) groups excluding carboxylic acids is 1. The summed E-state index contributed by atoms with van der Waals surface area (Å²) in [7, 11) is 0. The molecular weight excluding hydrogens is 269 g/mol. The van der Waals surface area contributed by atoms with E-state index in [0.717, 1.165) is 0 Å². The van der Waals surface area contributed by atoms with Crippen LogP contribution in [-0.4, -0.2) is 5.91 Å². The van der Waals surface area contributed by atoms with E-state index in [1.807, 2.05) is 0 Å². The Morgan fingerprint density at radius 1 is 1.26 bits per heavy atom. The summed E-state index contributed by atoms with van der Waals surface area (Å²) in [6.45, 7) is 0.182. The molecule has 0 spiro atoms. The van der Waals surface area contributed by atoms with Crippen LogP contribution in [0, 0.1) is 5.82 Å². The first-order valence-corrected chi connectivity index (χ1v) is 5.90. The molecule has 5 heteroatoms. The van der Waals surface area contributed by atoms with Gasteiger partial charge >= 0.3 is 0 Å². The lowest BCUT2D eigenvalue weighted by molar-refractivity contribution is 0.1000. The summed E-state index contributed by atoms with van der Waals surface area (Å²) < 4.78 is 18.4. The van der Waals surface area contributed by atoms with Crippen LogP contribution in [0.4, 0.5) is 4.39 Å². The zero-order valence-electron chi connectivity index (χ0n) is 9.90. The van der Waals surface area contributed by atoms with Crippen molar-refractivity contribution in [2.24, 2.45) is 5.73 Å². The van der Waals surface area contributed by atoms with Crippen LogP contribution in [0.1, 0.15) is 15.9 Å². The smallest absolute Gasteiger partial charge is 0.248 e. The summed E-state index contributed by atoms with van der Waals surface area (Å²) in [5.74, 6) is -0.425. The van der Waals surface area contributed by atoms with E-state index in [4.69, 9.17) is 22.1 Å². The van der Waals surface area contributed by atoms with Gasteiger partial charge in [0.25, 0.3) is 0 Å². The lowest BCUT2D eigenvalue weighted by atomic mass is 10.2. The fourth-order valence-corrected chi connectivity index (χ4v) is 1.76. The number of carbonyl (C=O) groups is 1. The summed E-state index contributed by atoms with van der Waals surface area (Å²) in [6.07, 6.45) is 0. The Hall–Kier alpha value is -2.07. The van der Waals surface area contributed by atoms with Crippen molar-refractivity contribution >= 4 is 17.5 Å². The lowest BCUT2D eigenvalue weighted by Crippen LogP contribution is -2.10. The van der Waals surface area contributed by atoms with Crippen LogP contribution in [0.3, 0.4) is 0 Å². The highest BCUT2D eigenvalue weighted by Crippen LogP contribution is 2.20. The van der Waals surface area contributed by atoms with Gasteiger partial charge in [0.05, 0.1) is 5.02 Å². The van der Waals surface area contributed by atoms with E-state index in [9.17, 15) is 9.18 Å². The molecule has 0 aliphatic rings. The maximum atomic E-state index is 12.9. The molecule has 0 saturated heterocycles. The van der Waals surface area contributed by atoms with Gasteiger partial charge in [0, 0.05) is 11.1 Å². The van der Waals surface area contributed by atoms with Gasteiger partial charge in [-0.05, 0) is 30.3 Å². The fraction of sp³-hybridized carbons (Fsp3) is 0.0714. The second-order valence-electron chi connectivity index (χ2n) is 3.92. The maximum absolute atomic E-state index is 12.9. The average Bonchev–Trinajstić information content (AvgIpc) is 2.38. The van der Waals surface area contributed by atoms with Gasteiger partial charge in [0.15, 0.2) is 0 Å². The molecule has 2 aromatic rings. The second-order valence-corrected chi connectivity index (χ2v) is 4.32. The molecule has 0 bridgehead atoms. The molecule has 0 aromatic heterocycles. The molecule has 0 aliphatic heterocycles. The number of primary amides is 1. The van der Waals surface area contributed by atoms with Gasteiger partial charge in [-0.2, -0.15) is 0 Å². The molecule has 98 valence electrons. The zero-order valence-corrected chi connectivity index (χ0v) is 10.7. The zero-order chi connectivity index (χ0) is 13.8. The summed E-state index contributed by atoms with van der Waals surface area (Å²) >= 11 is 5.88. The Morgan fingerprint density at radius 2 is 2.05 bits per heavy atom. The third-order valence-electron chi connectivity index (χ3n) is 2.53. The molecule has 3 nitrogen and oxygen atoms in total. The first-order valence-electron chi connectivity index (χ1n) is 5.53. The maximum Gasteiger partial charge on any atom is 0.248 e. The van der Waals surface area contributed by atoms with Crippen molar-refractivity contribution in [3.8, 4) is 5.75 Å². The highest BCUT2D eigenvalue weighted by atomic mass is 35.5. The largest absolute Gasteiger partial charge is 0.489 e. The van der Waals surface area contributed by atoms with Gasteiger partial charge in [-0.25, -0.2) is 4.39 Å². The highest BCUT2D eigenvalue weighted by Gasteiger charge is 2.05. The molecular formula is C14H11ClFNO2. The minimum Gasteiger partial charge on any atom is -0.489 e. The molecule has 0 aliphatic carbocycles. The van der Waals surface area contributed by atoms with Gasteiger partial charge in [0.1, 0.15) is 18.2 Å². The van der Waals surface area contributed by atoms with Crippen LogP contribution in [0.15, 0.2) is 42.5 Å². The van der Waals surface area contributed by atoms with Crippen molar-refractivity contribution in [1.82, 2.24) is 0 Å². The van der Waals surface area contributed by atoms with Crippen LogP contribution < -0.4 is 10.5 Å². The van der Waals surface area contributed by atoms with E-state index in [-0.39, 0.29) is 6.61 Å². The standard InChI is InChI=1S/C14H11ClFNO2/c15-13-7-11(16)5-4-10(13)8-19-12-3-1-2-9(6-12)14(17)18/h1-7H,8H2,(H2,17,18). The normalized spacial score (nSPS) is 10.2. The molecule has 0 fully saturated rings. The van der Waals surface area contributed by atoms with Crippen LogP contribution in [0.25, 0.3) is 0 Å². The molecule has 19 heavy (non-hydrogen) atoms. The third kappa shape index (κ3) is 3.45. The van der Waals surface area contributed by atoms with E-state index >= 15 is 0 Å². The number of halogens is 2. The quantitative estimate of drug-likeness (QED) is 0.935. The van der Waals surface area contributed by atoms with E-state index in [2.05, 4.69) is 0 Å².